The van der Waals surface area contributed by atoms with E-state index < -0.39 is 26.5 Å². The molecule has 394 valence electrons. The van der Waals surface area contributed by atoms with Crippen molar-refractivity contribution < 1.29 is 42.1 Å². The van der Waals surface area contributed by atoms with Gasteiger partial charge in [0.15, 0.2) is 6.10 Å². The van der Waals surface area contributed by atoms with Crippen LogP contribution in [-0.4, -0.2) is 70.0 Å². The van der Waals surface area contributed by atoms with Gasteiger partial charge < -0.3 is 27.9 Å². The van der Waals surface area contributed by atoms with Crippen molar-refractivity contribution in [1.29, 1.82) is 0 Å². The van der Waals surface area contributed by atoms with Gasteiger partial charge in [-0.15, -0.1) is 0 Å². The molecule has 0 aromatic rings. The maximum Gasteiger partial charge on any atom is 0.306 e. The molecule has 0 saturated heterocycles. The van der Waals surface area contributed by atoms with Crippen LogP contribution < -0.4 is 4.89 Å². The first-order valence-corrected chi connectivity index (χ1v) is 30.2. The van der Waals surface area contributed by atoms with Gasteiger partial charge in [0.25, 0.3) is 7.82 Å². The van der Waals surface area contributed by atoms with Gasteiger partial charge in [-0.3, -0.25) is 14.2 Å². The number of phosphoric acid groups is 1. The number of phosphoric ester groups is 1. The van der Waals surface area contributed by atoms with E-state index in [-0.39, 0.29) is 32.0 Å². The van der Waals surface area contributed by atoms with E-state index in [1.54, 1.807) is 0 Å². The number of esters is 2. The van der Waals surface area contributed by atoms with Crippen LogP contribution in [0.4, 0.5) is 0 Å². The lowest BCUT2D eigenvalue weighted by molar-refractivity contribution is -0.870. The molecule has 0 radical (unpaired) electrons. The number of hydrogen-bond acceptors (Lipinski definition) is 8. The zero-order chi connectivity index (χ0) is 48.5. The van der Waals surface area contributed by atoms with Crippen LogP contribution in [0.15, 0.2) is 0 Å². The Labute approximate surface area is 410 Å². The van der Waals surface area contributed by atoms with Gasteiger partial charge in [0.2, 0.25) is 0 Å². The molecule has 2 atom stereocenters. The lowest BCUT2D eigenvalue weighted by Gasteiger charge is -2.28. The third-order valence-electron chi connectivity index (χ3n) is 13.1. The number of unbranched alkanes of at least 4 members (excludes halogenated alkanes) is 40. The minimum atomic E-state index is -4.63. The highest BCUT2D eigenvalue weighted by Gasteiger charge is 2.22. The third-order valence-corrected chi connectivity index (χ3v) is 14.1. The molecule has 0 bridgehead atoms. The molecule has 0 aromatic carbocycles. The largest absolute Gasteiger partial charge is 0.756 e. The Balaban J connectivity index is 4.12. The third kappa shape index (κ3) is 52.4. The highest BCUT2D eigenvalue weighted by Crippen LogP contribution is 2.38. The van der Waals surface area contributed by atoms with E-state index in [9.17, 15) is 19.0 Å². The second-order valence-electron chi connectivity index (χ2n) is 21.0. The quantitative estimate of drug-likeness (QED) is 0.0256. The topological polar surface area (TPSA) is 111 Å². The summed E-state index contributed by atoms with van der Waals surface area (Å²) in [6.45, 7) is 4.31. The molecule has 9 nitrogen and oxygen atoms in total. The number of nitrogens with zero attached hydrogens (tertiary/aromatic N) is 1. The second-order valence-corrected chi connectivity index (χ2v) is 22.4. The molecule has 1 unspecified atom stereocenters. The van der Waals surface area contributed by atoms with E-state index in [0.717, 1.165) is 32.1 Å². The van der Waals surface area contributed by atoms with Crippen molar-refractivity contribution in [3.8, 4) is 0 Å². The Hall–Kier alpha value is -0.990. The van der Waals surface area contributed by atoms with E-state index in [2.05, 4.69) is 13.8 Å². The summed E-state index contributed by atoms with van der Waals surface area (Å²) in [4.78, 5) is 37.8. The normalized spacial score (nSPS) is 13.2. The molecule has 0 aliphatic heterocycles. The van der Waals surface area contributed by atoms with Crippen molar-refractivity contribution in [2.24, 2.45) is 0 Å². The summed E-state index contributed by atoms with van der Waals surface area (Å²) < 4.78 is 34.2. The average molecular weight is 958 g/mol. The van der Waals surface area contributed by atoms with Crippen LogP contribution in [0.5, 0.6) is 0 Å². The minimum Gasteiger partial charge on any atom is -0.756 e. The van der Waals surface area contributed by atoms with Crippen LogP contribution in [0.25, 0.3) is 0 Å². The second kappa shape index (κ2) is 49.0. The summed E-state index contributed by atoms with van der Waals surface area (Å²) >= 11 is 0. The van der Waals surface area contributed by atoms with E-state index in [1.807, 2.05) is 21.1 Å². The molecule has 0 spiro atoms. The van der Waals surface area contributed by atoms with Crippen LogP contribution >= 0.6 is 7.82 Å². The summed E-state index contributed by atoms with van der Waals surface area (Å²) in [5.74, 6) is -0.809. The maximum atomic E-state index is 12.8. The zero-order valence-electron chi connectivity index (χ0n) is 44.7. The number of likely N-dealkylation sites (N-methyl/N-ethyl adjacent to an activating group) is 1. The van der Waals surface area contributed by atoms with Gasteiger partial charge in [-0.05, 0) is 12.8 Å². The predicted molar refractivity (Wildman–Crippen MR) is 278 cm³/mol. The smallest absolute Gasteiger partial charge is 0.306 e. The molecule has 0 aromatic heterocycles. The Bertz CT molecular complexity index is 1080. The Kier molecular flexibility index (Phi) is 48.3. The van der Waals surface area contributed by atoms with Crippen LogP contribution in [0.1, 0.15) is 296 Å². The average Bonchev–Trinajstić information content (AvgIpc) is 3.27. The van der Waals surface area contributed by atoms with Crippen molar-refractivity contribution in [1.82, 2.24) is 0 Å². The fourth-order valence-electron chi connectivity index (χ4n) is 8.66. The van der Waals surface area contributed by atoms with Crippen LogP contribution in [0.2, 0.25) is 0 Å². The van der Waals surface area contributed by atoms with Gasteiger partial charge in [0, 0.05) is 12.8 Å². The lowest BCUT2D eigenvalue weighted by Crippen LogP contribution is -2.37. The SMILES string of the molecule is CCCCCCCCCCCCCCCCCCCCCCCCC(=O)O[C@H](COC(=O)CCCCCCCCCCCCCCCCCCCCCC)COP(=O)([O-])OCC[N+](C)(C)C. The number of ether oxygens (including phenoxy) is 2. The van der Waals surface area contributed by atoms with Gasteiger partial charge >= 0.3 is 11.9 Å². The van der Waals surface area contributed by atoms with Crippen molar-refractivity contribution in [3.05, 3.63) is 0 Å². The Morgan fingerprint density at radius 1 is 0.409 bits per heavy atom. The number of carbonyl (C=O) groups excluding carboxylic acids is 2. The van der Waals surface area contributed by atoms with Gasteiger partial charge in [0.05, 0.1) is 27.7 Å². The van der Waals surface area contributed by atoms with Crippen molar-refractivity contribution >= 4 is 19.8 Å². The summed E-state index contributed by atoms with van der Waals surface area (Å²) in [6.07, 6.45) is 54.3. The highest BCUT2D eigenvalue weighted by molar-refractivity contribution is 7.45. The van der Waals surface area contributed by atoms with E-state index in [4.69, 9.17) is 18.5 Å². The fraction of sp³-hybridized carbons (Fsp3) is 0.964. The molecule has 0 heterocycles. The molecule has 0 N–H and O–H groups in total. The summed E-state index contributed by atoms with van der Waals surface area (Å²) in [5, 5.41) is 0. The molecule has 0 amide bonds. The molecule has 0 aliphatic rings. The Morgan fingerprint density at radius 2 is 0.682 bits per heavy atom. The fourth-order valence-corrected chi connectivity index (χ4v) is 9.39. The monoisotopic (exact) mass is 958 g/mol. The van der Waals surface area contributed by atoms with E-state index in [0.29, 0.717) is 17.4 Å². The molecule has 0 fully saturated rings. The molecular formula is C56H112NO8P. The molecule has 66 heavy (non-hydrogen) atoms. The van der Waals surface area contributed by atoms with Crippen molar-refractivity contribution in [3.63, 3.8) is 0 Å². The number of hydrogen-bond donors (Lipinski definition) is 0. The van der Waals surface area contributed by atoms with Gasteiger partial charge in [-0.1, -0.05) is 271 Å². The number of quaternary nitrogens is 1. The number of rotatable bonds is 54. The Morgan fingerprint density at radius 3 is 0.970 bits per heavy atom. The van der Waals surface area contributed by atoms with Gasteiger partial charge in [-0.2, -0.15) is 0 Å². The summed E-state index contributed by atoms with van der Waals surface area (Å²) in [6, 6.07) is 0. The van der Waals surface area contributed by atoms with Crippen molar-refractivity contribution in [2.45, 2.75) is 302 Å². The molecule has 0 aliphatic carbocycles. The first-order valence-electron chi connectivity index (χ1n) is 28.7. The minimum absolute atomic E-state index is 0.0251. The van der Waals surface area contributed by atoms with E-state index in [1.165, 1.54) is 231 Å². The molecule has 0 saturated carbocycles. The predicted octanol–water partition coefficient (Wildman–Crippen LogP) is 16.9. The van der Waals surface area contributed by atoms with E-state index >= 15 is 0 Å². The van der Waals surface area contributed by atoms with Crippen LogP contribution in [-0.2, 0) is 32.7 Å². The zero-order valence-corrected chi connectivity index (χ0v) is 45.6. The van der Waals surface area contributed by atoms with Gasteiger partial charge in [-0.25, -0.2) is 0 Å². The summed E-state index contributed by atoms with van der Waals surface area (Å²) in [5.41, 5.74) is 0. The maximum absolute atomic E-state index is 12.8. The highest BCUT2D eigenvalue weighted by atomic mass is 31.2. The standard InChI is InChI=1S/C56H112NO8P/c1-6-8-10-12-14-16-18-20-22-24-26-28-29-31-33-35-37-39-41-43-45-47-49-56(59)65-54(53-64-66(60,61)63-51-50-57(3,4)5)52-62-55(58)48-46-44-42-40-38-36-34-32-30-27-25-23-21-19-17-15-13-11-9-7-2/h54H,6-53H2,1-5H3/t54-/m1/s1. The van der Waals surface area contributed by atoms with Gasteiger partial charge in [0.1, 0.15) is 19.8 Å². The first kappa shape index (κ1) is 65.0. The molecule has 10 heteroatoms. The molecular weight excluding hydrogens is 846 g/mol. The van der Waals surface area contributed by atoms with Crippen LogP contribution in [0, 0.1) is 0 Å². The van der Waals surface area contributed by atoms with Crippen LogP contribution in [0.3, 0.4) is 0 Å². The lowest BCUT2D eigenvalue weighted by atomic mass is 10.0. The number of carbonyl (C=O) groups is 2. The molecule has 0 rings (SSSR count). The van der Waals surface area contributed by atoms with Crippen molar-refractivity contribution in [2.75, 3.05) is 47.5 Å². The first-order chi connectivity index (χ1) is 32.0. The summed E-state index contributed by atoms with van der Waals surface area (Å²) in [7, 11) is 1.19.